The summed E-state index contributed by atoms with van der Waals surface area (Å²) in [6.45, 7) is 0. The van der Waals surface area contributed by atoms with Gasteiger partial charge in [0, 0.05) is 18.8 Å². The Labute approximate surface area is 40.1 Å². The van der Waals surface area contributed by atoms with Crippen molar-refractivity contribution in [2.75, 3.05) is 4.95 Å². The zero-order valence-electron chi connectivity index (χ0n) is 2.09. The number of rotatable bonds is 1. The molecule has 0 aromatic rings. The van der Waals surface area contributed by atoms with Gasteiger partial charge in [0.15, 0.2) is 0 Å². The van der Waals surface area contributed by atoms with Crippen molar-refractivity contribution >= 4 is 34.7 Å². The van der Waals surface area contributed by atoms with Gasteiger partial charge in [0.05, 0.1) is 0 Å². The van der Waals surface area contributed by atoms with Gasteiger partial charge in [-0.2, -0.15) is 0 Å². The second-order valence-corrected chi connectivity index (χ2v) is 3.67. The van der Waals surface area contributed by atoms with Crippen LogP contribution >= 0.6 is 15.9 Å². The van der Waals surface area contributed by atoms with Crippen LogP contribution in [-0.2, 0) is 0 Å². The van der Waals surface area contributed by atoms with Crippen LogP contribution in [-0.4, -0.2) is 23.8 Å². The molecule has 3 heteroatoms. The van der Waals surface area contributed by atoms with E-state index < -0.39 is 0 Å². The zero-order chi connectivity index (χ0) is 3.41. The van der Waals surface area contributed by atoms with E-state index in [4.69, 9.17) is 0 Å². The Morgan fingerprint density at radius 3 is 2.25 bits per heavy atom. The molecule has 4 heavy (non-hydrogen) atoms. The van der Waals surface area contributed by atoms with Crippen LogP contribution in [0.5, 0.6) is 0 Å². The van der Waals surface area contributed by atoms with Gasteiger partial charge in [-0.15, -0.1) is 0 Å². The molecule has 0 aliphatic carbocycles. The Balaban J connectivity index is 1.97. The lowest BCUT2D eigenvalue weighted by molar-refractivity contribution is 2.29. The predicted octanol–water partition coefficient (Wildman–Crippen LogP) is 0.126. The van der Waals surface area contributed by atoms with Crippen molar-refractivity contribution in [1.82, 2.24) is 0 Å². The van der Waals surface area contributed by atoms with Crippen LogP contribution in [0.4, 0.5) is 0 Å². The zero-order valence-corrected chi connectivity index (χ0v) is 5.67. The molecule has 0 rings (SSSR count). The van der Waals surface area contributed by atoms with Crippen LogP contribution in [0.1, 0.15) is 0 Å². The summed E-state index contributed by atoms with van der Waals surface area (Å²) in [5.41, 5.74) is 0. The van der Waals surface area contributed by atoms with Gasteiger partial charge >= 0.3 is 0 Å². The Kier molecular flexibility index (Phi) is 4.81. The SMILES string of the molecule is [Si][Si]CBr. The maximum atomic E-state index is 3.27. The van der Waals surface area contributed by atoms with E-state index in [-0.39, 0.29) is 0 Å². The van der Waals surface area contributed by atoms with Gasteiger partial charge in [-0.1, -0.05) is 15.9 Å². The molecule has 0 heterocycles. The summed E-state index contributed by atoms with van der Waals surface area (Å²) in [7, 11) is 4.13. The molecule has 0 aromatic carbocycles. The molecule has 0 saturated heterocycles. The van der Waals surface area contributed by atoms with Gasteiger partial charge in [-0.05, 0) is 4.95 Å². The Morgan fingerprint density at radius 2 is 2.25 bits per heavy atom. The highest BCUT2D eigenvalue weighted by Gasteiger charge is 1.62. The Hall–Kier alpha value is 0.914. The average Bonchev–Trinajstić information content (AvgIpc) is 1.37. The lowest BCUT2D eigenvalue weighted by Crippen LogP contribution is -1.85. The maximum absolute atomic E-state index is 3.27. The van der Waals surface area contributed by atoms with Crippen molar-refractivity contribution in [2.24, 2.45) is 0 Å². The molecule has 0 N–H and O–H groups in total. The summed E-state index contributed by atoms with van der Waals surface area (Å²) >= 11 is 3.21. The second kappa shape index (κ2) is 3.91. The van der Waals surface area contributed by atoms with E-state index in [1.54, 1.807) is 0 Å². The minimum absolute atomic E-state index is 0.863. The normalized spacial score (nSPS) is 7.50. The lowest BCUT2D eigenvalue weighted by atomic mass is 11.9. The Morgan fingerprint density at radius 1 is 2.00 bits per heavy atom. The number of alkyl halides is 1. The van der Waals surface area contributed by atoms with Crippen molar-refractivity contribution < 1.29 is 0 Å². The van der Waals surface area contributed by atoms with E-state index in [2.05, 4.69) is 25.7 Å². The van der Waals surface area contributed by atoms with Gasteiger partial charge in [0.25, 0.3) is 0 Å². The van der Waals surface area contributed by atoms with Crippen LogP contribution in [0, 0.1) is 0 Å². The summed E-state index contributed by atoms with van der Waals surface area (Å²) in [6, 6.07) is 0. The van der Waals surface area contributed by atoms with Crippen molar-refractivity contribution in [1.29, 1.82) is 0 Å². The van der Waals surface area contributed by atoms with Gasteiger partial charge in [0.1, 0.15) is 0 Å². The fraction of sp³-hybridized carbons (Fsp3) is 1.00. The third-order valence-electron chi connectivity index (χ3n) is 0.0668. The van der Waals surface area contributed by atoms with E-state index in [0.717, 1.165) is 14.0 Å². The third kappa shape index (κ3) is 2.91. The minimum atomic E-state index is 0.863. The lowest BCUT2D eigenvalue weighted by Gasteiger charge is -1.62. The number of hydrogen-bond acceptors (Lipinski definition) is 0. The standard InChI is InChI=1S/CH2BrSi2/c2-1-4-3/h1H2. The first kappa shape index (κ1) is 4.91. The van der Waals surface area contributed by atoms with Crippen LogP contribution in [0.15, 0.2) is 0 Å². The van der Waals surface area contributed by atoms with Crippen molar-refractivity contribution in [3.63, 3.8) is 0 Å². The third-order valence-corrected chi connectivity index (χ3v) is 3.12. The molecular weight excluding hydrogens is 148 g/mol. The summed E-state index contributed by atoms with van der Waals surface area (Å²) in [6.07, 6.45) is 0. The van der Waals surface area contributed by atoms with Crippen LogP contribution in [0.3, 0.4) is 0 Å². The molecule has 0 saturated carbocycles. The van der Waals surface area contributed by atoms with Gasteiger partial charge in [0.2, 0.25) is 0 Å². The average molecular weight is 150 g/mol. The fourth-order valence-electron chi connectivity index (χ4n) is 0. The van der Waals surface area contributed by atoms with E-state index >= 15 is 0 Å². The molecule has 0 nitrogen and oxygen atoms in total. The smallest absolute Gasteiger partial charge is 0.0323 e. The molecule has 0 spiro atoms. The largest absolute Gasteiger partial charge is 0.0971 e. The van der Waals surface area contributed by atoms with E-state index in [9.17, 15) is 0 Å². The molecule has 0 fully saturated rings. The molecule has 5 radical (unpaired) electrons. The predicted molar refractivity (Wildman–Crippen MR) is 25.3 cm³/mol. The number of hydrogen-bond donors (Lipinski definition) is 0. The van der Waals surface area contributed by atoms with Crippen LogP contribution in [0.25, 0.3) is 0 Å². The summed E-state index contributed by atoms with van der Waals surface area (Å²) in [5, 5.41) is 0. The molecule has 0 atom stereocenters. The highest BCUT2D eigenvalue weighted by molar-refractivity contribution is 9.09. The topological polar surface area (TPSA) is 0 Å². The summed E-state index contributed by atoms with van der Waals surface area (Å²) in [5.74, 6) is 0. The first-order chi connectivity index (χ1) is 1.91. The molecule has 0 aliphatic rings. The fourth-order valence-corrected chi connectivity index (χ4v) is 0. The monoisotopic (exact) mass is 149 g/mol. The molecule has 21 valence electrons. The molecule has 0 aliphatic heterocycles. The van der Waals surface area contributed by atoms with Crippen LogP contribution in [0.2, 0.25) is 0 Å². The molecule has 0 amide bonds. The molecule has 0 unspecified atom stereocenters. The van der Waals surface area contributed by atoms with E-state index in [1.807, 2.05) is 0 Å². The van der Waals surface area contributed by atoms with Gasteiger partial charge in [-0.3, -0.25) is 0 Å². The molecule has 0 aromatic heterocycles. The van der Waals surface area contributed by atoms with Crippen molar-refractivity contribution in [3.05, 3.63) is 0 Å². The second-order valence-electron chi connectivity index (χ2n) is 0.310. The molecular formula is CH2BrSi2. The van der Waals surface area contributed by atoms with Crippen molar-refractivity contribution in [2.45, 2.75) is 0 Å². The Bertz CT molecular complexity index is 8.00. The van der Waals surface area contributed by atoms with Crippen molar-refractivity contribution in [3.8, 4) is 0 Å². The minimum Gasteiger partial charge on any atom is -0.0971 e. The maximum Gasteiger partial charge on any atom is 0.0323 e. The van der Waals surface area contributed by atoms with Gasteiger partial charge < -0.3 is 0 Å². The summed E-state index contributed by atoms with van der Waals surface area (Å²) in [4.78, 5) is 1.07. The first-order valence-corrected chi connectivity index (χ1v) is 4.70. The van der Waals surface area contributed by atoms with E-state index in [0.29, 0.717) is 0 Å². The summed E-state index contributed by atoms with van der Waals surface area (Å²) < 4.78 is 0. The van der Waals surface area contributed by atoms with E-state index in [1.165, 1.54) is 0 Å². The van der Waals surface area contributed by atoms with Gasteiger partial charge in [-0.25, -0.2) is 0 Å². The first-order valence-electron chi connectivity index (χ1n) is 0.871. The molecule has 0 bridgehead atoms. The highest BCUT2D eigenvalue weighted by atomic mass is 79.9. The highest BCUT2D eigenvalue weighted by Crippen LogP contribution is 1.66. The number of halogens is 1. The van der Waals surface area contributed by atoms with Crippen LogP contribution < -0.4 is 0 Å². The quantitative estimate of drug-likeness (QED) is 0.368.